The van der Waals surface area contributed by atoms with Crippen LogP contribution in [0.1, 0.15) is 6.42 Å². The normalized spacial score (nSPS) is 18.1. The van der Waals surface area contributed by atoms with E-state index in [9.17, 15) is 8.42 Å². The van der Waals surface area contributed by atoms with Crippen molar-refractivity contribution in [3.05, 3.63) is 41.8 Å². The third kappa shape index (κ3) is 5.56. The number of guanidine groups is 1. The predicted octanol–water partition coefficient (Wildman–Crippen LogP) is 2.81. The van der Waals surface area contributed by atoms with Crippen molar-refractivity contribution in [2.45, 2.75) is 10.6 Å². The first-order valence-corrected chi connectivity index (χ1v) is 10.6. The minimum absolute atomic E-state index is 0. The molecule has 0 spiro atoms. The number of hydrogen-bond donors (Lipinski definition) is 2. The molecular formula is C17H23IN4O3S2. The summed E-state index contributed by atoms with van der Waals surface area (Å²) in [4.78, 5) is 4.36. The second-order valence-corrected chi connectivity index (χ2v) is 9.15. The predicted molar refractivity (Wildman–Crippen MR) is 120 cm³/mol. The molecule has 148 valence electrons. The lowest BCUT2D eigenvalue weighted by molar-refractivity contribution is 0.415. The van der Waals surface area contributed by atoms with Gasteiger partial charge in [0.25, 0.3) is 10.0 Å². The van der Waals surface area contributed by atoms with Crippen LogP contribution in [0.25, 0.3) is 0 Å². The summed E-state index contributed by atoms with van der Waals surface area (Å²) in [5, 5.41) is 4.80. The van der Waals surface area contributed by atoms with Gasteiger partial charge in [-0.3, -0.25) is 4.99 Å². The fourth-order valence-corrected chi connectivity index (χ4v) is 5.49. The Kier molecular flexibility index (Phi) is 7.89. The van der Waals surface area contributed by atoms with Crippen molar-refractivity contribution in [2.75, 3.05) is 32.1 Å². The zero-order valence-corrected chi connectivity index (χ0v) is 18.8. The molecule has 1 aromatic heterocycles. The first kappa shape index (κ1) is 21.9. The Morgan fingerprint density at radius 3 is 2.93 bits per heavy atom. The van der Waals surface area contributed by atoms with Crippen molar-refractivity contribution in [3.8, 4) is 5.75 Å². The summed E-state index contributed by atoms with van der Waals surface area (Å²) in [6.07, 6.45) is 0.778. The number of sulfonamides is 1. The number of nitrogens with zero attached hydrogens (tertiary/aromatic N) is 2. The number of benzene rings is 1. The van der Waals surface area contributed by atoms with Crippen molar-refractivity contribution in [1.29, 1.82) is 0 Å². The van der Waals surface area contributed by atoms with E-state index in [1.54, 1.807) is 24.6 Å². The van der Waals surface area contributed by atoms with Gasteiger partial charge in [-0.05, 0) is 35.9 Å². The highest BCUT2D eigenvalue weighted by atomic mass is 127. The van der Waals surface area contributed by atoms with Gasteiger partial charge < -0.3 is 15.8 Å². The first-order valence-electron chi connectivity index (χ1n) is 8.23. The second-order valence-electron chi connectivity index (χ2n) is 6.03. The Bertz CT molecular complexity index is 872. The summed E-state index contributed by atoms with van der Waals surface area (Å²) in [5.41, 5.74) is 6.73. The number of rotatable bonds is 6. The van der Waals surface area contributed by atoms with E-state index in [1.165, 1.54) is 15.6 Å². The molecule has 1 atom stereocenters. The van der Waals surface area contributed by atoms with E-state index in [0.29, 0.717) is 29.8 Å². The molecular weight excluding hydrogens is 499 g/mol. The van der Waals surface area contributed by atoms with Gasteiger partial charge in [0.1, 0.15) is 9.96 Å². The maximum Gasteiger partial charge on any atom is 0.252 e. The highest BCUT2D eigenvalue weighted by Crippen LogP contribution is 2.27. The molecule has 1 saturated heterocycles. The van der Waals surface area contributed by atoms with E-state index in [4.69, 9.17) is 10.5 Å². The Balaban J connectivity index is 0.00000261. The number of nitrogens with two attached hydrogens (primary N) is 1. The molecule has 1 aliphatic heterocycles. The van der Waals surface area contributed by atoms with Crippen LogP contribution in [0.3, 0.4) is 0 Å². The van der Waals surface area contributed by atoms with Gasteiger partial charge in [0.2, 0.25) is 0 Å². The lowest BCUT2D eigenvalue weighted by atomic mass is 10.1. The van der Waals surface area contributed by atoms with E-state index in [1.807, 2.05) is 24.3 Å². The highest BCUT2D eigenvalue weighted by Gasteiger charge is 2.32. The maximum atomic E-state index is 12.5. The fourth-order valence-electron chi connectivity index (χ4n) is 2.82. The van der Waals surface area contributed by atoms with E-state index in [2.05, 4.69) is 10.3 Å². The Labute approximate surface area is 180 Å². The van der Waals surface area contributed by atoms with Crippen LogP contribution in [-0.2, 0) is 10.0 Å². The molecule has 0 saturated carbocycles. The zero-order chi connectivity index (χ0) is 18.6. The van der Waals surface area contributed by atoms with Crippen LogP contribution >= 0.6 is 35.3 Å². The van der Waals surface area contributed by atoms with Gasteiger partial charge in [-0.2, -0.15) is 4.31 Å². The summed E-state index contributed by atoms with van der Waals surface area (Å²) in [6, 6.07) is 10.8. The van der Waals surface area contributed by atoms with E-state index >= 15 is 0 Å². The van der Waals surface area contributed by atoms with E-state index < -0.39 is 10.0 Å². The van der Waals surface area contributed by atoms with Crippen LogP contribution < -0.4 is 15.8 Å². The SMILES string of the molecule is COc1cccc(NC(N)=NCC2CCN(S(=O)(=O)c3cccs3)C2)c1.I. The van der Waals surface area contributed by atoms with Crippen LogP contribution in [0.15, 0.2) is 51.0 Å². The van der Waals surface area contributed by atoms with Gasteiger partial charge in [0.15, 0.2) is 5.96 Å². The molecule has 3 N–H and O–H groups in total. The third-order valence-corrected chi connectivity index (χ3v) is 7.44. The average Bonchev–Trinajstić information content (AvgIpc) is 3.32. The minimum atomic E-state index is -3.38. The Morgan fingerprint density at radius 1 is 1.41 bits per heavy atom. The van der Waals surface area contributed by atoms with Crippen LogP contribution in [0.5, 0.6) is 5.75 Å². The Morgan fingerprint density at radius 2 is 2.22 bits per heavy atom. The quantitative estimate of drug-likeness (QED) is 0.346. The number of aliphatic imine (C=N–C) groups is 1. The molecule has 7 nitrogen and oxygen atoms in total. The third-order valence-electron chi connectivity index (χ3n) is 4.20. The molecule has 2 aromatic rings. The fraction of sp³-hybridized carbons (Fsp3) is 0.353. The highest BCUT2D eigenvalue weighted by molar-refractivity contribution is 14.0. The van der Waals surface area contributed by atoms with Crippen LogP contribution in [-0.4, -0.2) is 45.4 Å². The van der Waals surface area contributed by atoms with Gasteiger partial charge in [0, 0.05) is 31.4 Å². The standard InChI is InChI=1S/C17H22N4O3S2.HI/c1-24-15-5-2-4-14(10-15)20-17(18)19-11-13-7-8-21(12-13)26(22,23)16-6-3-9-25-16;/h2-6,9-10,13H,7-8,11-12H2,1H3,(H3,18,19,20);1H. The smallest absolute Gasteiger partial charge is 0.252 e. The van der Waals surface area contributed by atoms with Gasteiger partial charge in [-0.25, -0.2) is 8.42 Å². The van der Waals surface area contributed by atoms with Crippen LogP contribution in [0, 0.1) is 5.92 Å². The first-order chi connectivity index (χ1) is 12.5. The van der Waals surface area contributed by atoms with Gasteiger partial charge in [-0.1, -0.05) is 12.1 Å². The number of methoxy groups -OCH3 is 1. The van der Waals surface area contributed by atoms with Gasteiger partial charge in [0.05, 0.1) is 7.11 Å². The number of halogens is 1. The molecule has 3 rings (SSSR count). The average molecular weight is 522 g/mol. The lowest BCUT2D eigenvalue weighted by Gasteiger charge is -2.15. The summed E-state index contributed by atoms with van der Waals surface area (Å²) in [7, 11) is -1.78. The number of hydrogen-bond acceptors (Lipinski definition) is 5. The van der Waals surface area contributed by atoms with Gasteiger partial charge in [-0.15, -0.1) is 35.3 Å². The molecule has 27 heavy (non-hydrogen) atoms. The molecule has 0 amide bonds. The summed E-state index contributed by atoms with van der Waals surface area (Å²) < 4.78 is 32.2. The van der Waals surface area contributed by atoms with Crippen LogP contribution in [0.2, 0.25) is 0 Å². The van der Waals surface area contributed by atoms with Gasteiger partial charge >= 0.3 is 0 Å². The largest absolute Gasteiger partial charge is 0.497 e. The van der Waals surface area contributed by atoms with Crippen LogP contribution in [0.4, 0.5) is 5.69 Å². The molecule has 1 unspecified atom stereocenters. The number of thiophene rings is 1. The molecule has 10 heteroatoms. The van der Waals surface area contributed by atoms with Crippen molar-refractivity contribution in [3.63, 3.8) is 0 Å². The molecule has 1 aliphatic rings. The van der Waals surface area contributed by atoms with Crippen molar-refractivity contribution in [1.82, 2.24) is 4.31 Å². The summed E-state index contributed by atoms with van der Waals surface area (Å²) in [6.45, 7) is 1.47. The van der Waals surface area contributed by atoms with Crippen molar-refractivity contribution < 1.29 is 13.2 Å². The summed E-state index contributed by atoms with van der Waals surface area (Å²) >= 11 is 1.24. The lowest BCUT2D eigenvalue weighted by Crippen LogP contribution is -2.29. The molecule has 0 bridgehead atoms. The molecule has 2 heterocycles. The second kappa shape index (κ2) is 9.71. The topological polar surface area (TPSA) is 97.0 Å². The van der Waals surface area contributed by atoms with E-state index in [-0.39, 0.29) is 29.9 Å². The summed E-state index contributed by atoms with van der Waals surface area (Å²) in [5.74, 6) is 1.20. The number of nitrogens with one attached hydrogen (secondary N) is 1. The van der Waals surface area contributed by atoms with Crippen molar-refractivity contribution in [2.24, 2.45) is 16.6 Å². The zero-order valence-electron chi connectivity index (χ0n) is 14.9. The minimum Gasteiger partial charge on any atom is -0.497 e. The molecule has 0 radical (unpaired) electrons. The maximum absolute atomic E-state index is 12.5. The molecule has 0 aliphatic carbocycles. The molecule has 1 aromatic carbocycles. The molecule has 1 fully saturated rings. The van der Waals surface area contributed by atoms with E-state index in [0.717, 1.165) is 17.9 Å². The Hall–Kier alpha value is -1.37. The van der Waals surface area contributed by atoms with Crippen molar-refractivity contribution >= 4 is 57.0 Å². The number of anilines is 1. The monoisotopic (exact) mass is 522 g/mol. The number of ether oxygens (including phenoxy) is 1.